The largest absolute Gasteiger partial charge is 0.461 e. The molecule has 0 aromatic carbocycles. The monoisotopic (exact) mass is 271 g/mol. The van der Waals surface area contributed by atoms with Crippen molar-refractivity contribution < 1.29 is 19.7 Å². The number of hydrogen-bond donors (Lipinski definition) is 2. The molecule has 1 atom stereocenters. The van der Waals surface area contributed by atoms with E-state index in [-0.39, 0.29) is 30.9 Å². The number of aromatic nitrogens is 3. The fourth-order valence-electron chi connectivity index (χ4n) is 1.78. The molecule has 0 aliphatic carbocycles. The van der Waals surface area contributed by atoms with Gasteiger partial charge in [-0.05, 0) is 6.92 Å². The Hall–Kier alpha value is -1.47. The predicted octanol–water partition coefficient (Wildman–Crippen LogP) is 0.105. The Kier molecular flexibility index (Phi) is 5.02. The minimum Gasteiger partial charge on any atom is -0.461 e. The Morgan fingerprint density at radius 2 is 2.11 bits per heavy atom. The summed E-state index contributed by atoms with van der Waals surface area (Å²) in [5.41, 5.74) is 0.346. The summed E-state index contributed by atoms with van der Waals surface area (Å²) in [5.74, 6) is -0.530. The number of ether oxygens (including phenoxy) is 1. The van der Waals surface area contributed by atoms with E-state index < -0.39 is 12.1 Å². The first-order chi connectivity index (χ1) is 8.81. The Labute approximate surface area is 112 Å². The second kappa shape index (κ2) is 6.12. The van der Waals surface area contributed by atoms with E-state index >= 15 is 0 Å². The molecule has 0 aliphatic rings. The second-order valence-corrected chi connectivity index (χ2v) is 5.28. The van der Waals surface area contributed by atoms with Gasteiger partial charge in [0.2, 0.25) is 0 Å². The standard InChI is InChI=1S/C12H21N3O4/c1-5-19-11(18)9-10(12(2,3)4)15(14-13-9)6-8(17)7-16/h8,16-17H,5-7H2,1-4H3. The molecule has 0 saturated carbocycles. The summed E-state index contributed by atoms with van der Waals surface area (Å²) >= 11 is 0. The van der Waals surface area contributed by atoms with Crippen LogP contribution in [-0.4, -0.2) is 50.5 Å². The molecule has 0 radical (unpaired) electrons. The van der Waals surface area contributed by atoms with Crippen LogP contribution in [-0.2, 0) is 16.7 Å². The lowest BCUT2D eigenvalue weighted by Crippen LogP contribution is -2.27. The topological polar surface area (TPSA) is 97.5 Å². The van der Waals surface area contributed by atoms with Gasteiger partial charge in [0.25, 0.3) is 0 Å². The van der Waals surface area contributed by atoms with Crippen LogP contribution in [0.4, 0.5) is 0 Å². The van der Waals surface area contributed by atoms with Crippen LogP contribution in [0.3, 0.4) is 0 Å². The number of rotatable bonds is 5. The zero-order chi connectivity index (χ0) is 14.6. The smallest absolute Gasteiger partial charge is 0.360 e. The molecule has 0 bridgehead atoms. The van der Waals surface area contributed by atoms with E-state index in [0.717, 1.165) is 0 Å². The van der Waals surface area contributed by atoms with Crippen LogP contribution in [0.1, 0.15) is 43.9 Å². The van der Waals surface area contributed by atoms with Gasteiger partial charge in [-0.25, -0.2) is 9.48 Å². The molecule has 0 saturated heterocycles. The van der Waals surface area contributed by atoms with Crippen molar-refractivity contribution in [3.05, 3.63) is 11.4 Å². The van der Waals surface area contributed by atoms with Crippen molar-refractivity contribution in [2.24, 2.45) is 0 Å². The highest BCUT2D eigenvalue weighted by Crippen LogP contribution is 2.25. The van der Waals surface area contributed by atoms with Gasteiger partial charge < -0.3 is 14.9 Å². The van der Waals surface area contributed by atoms with Gasteiger partial charge in [-0.2, -0.15) is 0 Å². The highest BCUT2D eigenvalue weighted by Gasteiger charge is 2.30. The summed E-state index contributed by atoms with van der Waals surface area (Å²) < 4.78 is 6.38. The van der Waals surface area contributed by atoms with Gasteiger partial charge in [-0.1, -0.05) is 26.0 Å². The average molecular weight is 271 g/mol. The van der Waals surface area contributed by atoms with E-state index in [2.05, 4.69) is 10.3 Å². The fourth-order valence-corrected chi connectivity index (χ4v) is 1.78. The Bertz CT molecular complexity index is 437. The average Bonchev–Trinajstić information content (AvgIpc) is 2.72. The van der Waals surface area contributed by atoms with Crippen molar-refractivity contribution in [1.29, 1.82) is 0 Å². The zero-order valence-electron chi connectivity index (χ0n) is 11.8. The molecule has 1 aromatic heterocycles. The van der Waals surface area contributed by atoms with E-state index in [4.69, 9.17) is 9.84 Å². The van der Waals surface area contributed by atoms with Crippen LogP contribution in [0, 0.1) is 0 Å². The van der Waals surface area contributed by atoms with Gasteiger partial charge in [0.05, 0.1) is 31.6 Å². The van der Waals surface area contributed by atoms with Gasteiger partial charge in [0, 0.05) is 5.41 Å². The normalized spacial score (nSPS) is 13.4. The fraction of sp³-hybridized carbons (Fsp3) is 0.750. The van der Waals surface area contributed by atoms with Crippen LogP contribution >= 0.6 is 0 Å². The van der Waals surface area contributed by atoms with E-state index in [1.807, 2.05) is 20.8 Å². The van der Waals surface area contributed by atoms with E-state index in [9.17, 15) is 9.90 Å². The van der Waals surface area contributed by atoms with Gasteiger partial charge in [-0.15, -0.1) is 5.10 Å². The van der Waals surface area contributed by atoms with Crippen molar-refractivity contribution in [3.8, 4) is 0 Å². The molecule has 1 aromatic rings. The van der Waals surface area contributed by atoms with Gasteiger partial charge in [0.1, 0.15) is 0 Å². The van der Waals surface area contributed by atoms with Gasteiger partial charge in [0.15, 0.2) is 5.69 Å². The van der Waals surface area contributed by atoms with Crippen molar-refractivity contribution in [1.82, 2.24) is 15.0 Å². The molecule has 0 spiro atoms. The van der Waals surface area contributed by atoms with E-state index in [0.29, 0.717) is 5.69 Å². The molecule has 2 N–H and O–H groups in total. The van der Waals surface area contributed by atoms with Crippen LogP contribution < -0.4 is 0 Å². The first-order valence-corrected chi connectivity index (χ1v) is 6.21. The number of carbonyl (C=O) groups excluding carboxylic acids is 1. The van der Waals surface area contributed by atoms with Crippen LogP contribution in [0.25, 0.3) is 0 Å². The maximum absolute atomic E-state index is 11.8. The van der Waals surface area contributed by atoms with Crippen LogP contribution in [0.2, 0.25) is 0 Å². The number of carbonyl (C=O) groups is 1. The zero-order valence-corrected chi connectivity index (χ0v) is 11.8. The summed E-state index contributed by atoms with van der Waals surface area (Å²) in [6.07, 6.45) is -0.946. The summed E-state index contributed by atoms with van der Waals surface area (Å²) in [6.45, 7) is 7.42. The van der Waals surface area contributed by atoms with Gasteiger partial charge >= 0.3 is 5.97 Å². The highest BCUT2D eigenvalue weighted by atomic mass is 16.5. The molecule has 1 heterocycles. The highest BCUT2D eigenvalue weighted by molar-refractivity contribution is 5.88. The third-order valence-electron chi connectivity index (χ3n) is 2.51. The predicted molar refractivity (Wildman–Crippen MR) is 67.8 cm³/mol. The Morgan fingerprint density at radius 3 is 2.58 bits per heavy atom. The third-order valence-corrected chi connectivity index (χ3v) is 2.51. The molecular weight excluding hydrogens is 250 g/mol. The Morgan fingerprint density at radius 1 is 1.47 bits per heavy atom. The molecule has 19 heavy (non-hydrogen) atoms. The second-order valence-electron chi connectivity index (χ2n) is 5.28. The van der Waals surface area contributed by atoms with Crippen molar-refractivity contribution in [2.45, 2.75) is 45.8 Å². The summed E-state index contributed by atoms with van der Waals surface area (Å²) in [6, 6.07) is 0. The number of aliphatic hydroxyl groups is 2. The number of nitrogens with zero attached hydrogens (tertiary/aromatic N) is 3. The molecule has 7 heteroatoms. The molecule has 0 aliphatic heterocycles. The van der Waals surface area contributed by atoms with Crippen molar-refractivity contribution >= 4 is 5.97 Å². The lowest BCUT2D eigenvalue weighted by Gasteiger charge is -2.21. The Balaban J connectivity index is 3.16. The molecule has 0 amide bonds. The lowest BCUT2D eigenvalue weighted by atomic mass is 9.90. The van der Waals surface area contributed by atoms with Gasteiger partial charge in [-0.3, -0.25) is 0 Å². The molecule has 1 rings (SSSR count). The summed E-state index contributed by atoms with van der Waals surface area (Å²) in [7, 11) is 0. The first kappa shape index (κ1) is 15.6. The number of hydrogen-bond acceptors (Lipinski definition) is 6. The van der Waals surface area contributed by atoms with E-state index in [1.165, 1.54) is 4.68 Å². The lowest BCUT2D eigenvalue weighted by molar-refractivity contribution is 0.0515. The minimum atomic E-state index is -0.946. The molecule has 7 nitrogen and oxygen atoms in total. The minimum absolute atomic E-state index is 0.0789. The van der Waals surface area contributed by atoms with Crippen molar-refractivity contribution in [2.75, 3.05) is 13.2 Å². The molecule has 1 unspecified atom stereocenters. The number of aliphatic hydroxyl groups excluding tert-OH is 2. The first-order valence-electron chi connectivity index (χ1n) is 6.21. The summed E-state index contributed by atoms with van der Waals surface area (Å²) in [4.78, 5) is 11.8. The molecule has 0 fully saturated rings. The van der Waals surface area contributed by atoms with Crippen LogP contribution in [0.5, 0.6) is 0 Å². The summed E-state index contributed by atoms with van der Waals surface area (Å²) in [5, 5.41) is 26.1. The maximum Gasteiger partial charge on any atom is 0.360 e. The molecular formula is C12H21N3O4. The maximum atomic E-state index is 11.8. The van der Waals surface area contributed by atoms with E-state index in [1.54, 1.807) is 6.92 Å². The molecule has 108 valence electrons. The third kappa shape index (κ3) is 3.74. The van der Waals surface area contributed by atoms with Crippen molar-refractivity contribution in [3.63, 3.8) is 0 Å². The number of esters is 1. The SMILES string of the molecule is CCOC(=O)c1nnn(CC(O)CO)c1C(C)(C)C. The quantitative estimate of drug-likeness (QED) is 0.737. The van der Waals surface area contributed by atoms with Crippen LogP contribution in [0.15, 0.2) is 0 Å².